The molecule has 0 bridgehead atoms. The molecule has 4 heteroatoms. The maximum absolute atomic E-state index is 8.82. The van der Waals surface area contributed by atoms with Crippen molar-refractivity contribution >= 4 is 17.0 Å². The topological polar surface area (TPSA) is 59.0 Å². The highest BCUT2D eigenvalue weighted by molar-refractivity contribution is 7.16. The van der Waals surface area contributed by atoms with Crippen molar-refractivity contribution in [1.29, 1.82) is 5.26 Å². The molecule has 1 aromatic heterocycles. The maximum atomic E-state index is 8.82. The molecule has 1 aromatic carbocycles. The monoisotopic (exact) mass is 244 g/mol. The van der Waals surface area contributed by atoms with Crippen LogP contribution in [0.1, 0.15) is 11.8 Å². The first-order valence-electron chi connectivity index (χ1n) is 5.27. The summed E-state index contributed by atoms with van der Waals surface area (Å²) < 4.78 is 5.56. The molecule has 0 unspecified atom stereocenters. The van der Waals surface area contributed by atoms with Gasteiger partial charge in [0.25, 0.3) is 0 Å². The van der Waals surface area contributed by atoms with Gasteiger partial charge in [-0.1, -0.05) is 0 Å². The minimum absolute atomic E-state index is 0.590. The van der Waals surface area contributed by atoms with Crippen LogP contribution in [0.25, 0.3) is 10.4 Å². The summed E-state index contributed by atoms with van der Waals surface area (Å²) in [4.78, 5) is 1.71. The molecule has 0 radical (unpaired) electrons. The smallest absolute Gasteiger partial charge is 0.129 e. The van der Waals surface area contributed by atoms with Gasteiger partial charge in [-0.3, -0.25) is 0 Å². The second kappa shape index (κ2) is 4.89. The minimum Gasteiger partial charge on any atom is -0.493 e. The fourth-order valence-electron chi connectivity index (χ4n) is 1.56. The van der Waals surface area contributed by atoms with Crippen LogP contribution in [0.3, 0.4) is 0 Å². The zero-order valence-electron chi connectivity index (χ0n) is 9.43. The third-order valence-electron chi connectivity index (χ3n) is 2.29. The number of ether oxygens (including phenoxy) is 1. The molecule has 0 aliphatic carbocycles. The van der Waals surface area contributed by atoms with E-state index in [1.165, 1.54) is 11.3 Å². The molecule has 0 aliphatic rings. The van der Waals surface area contributed by atoms with Gasteiger partial charge in [-0.25, -0.2) is 0 Å². The number of nitrogens with two attached hydrogens (primary N) is 1. The van der Waals surface area contributed by atoms with Crippen LogP contribution >= 0.6 is 11.3 Å². The van der Waals surface area contributed by atoms with Crippen LogP contribution in [0.15, 0.2) is 30.3 Å². The second-order valence-electron chi connectivity index (χ2n) is 3.46. The largest absolute Gasteiger partial charge is 0.493 e. The standard InChI is InChI=1S/C13H12N2OS/c1-2-16-12-7-9(15)3-5-11(12)13-6-4-10(8-14)17-13/h3-7H,2,15H2,1H3. The van der Waals surface area contributed by atoms with Crippen LogP contribution in [-0.2, 0) is 0 Å². The van der Waals surface area contributed by atoms with Gasteiger partial charge in [-0.05, 0) is 31.2 Å². The van der Waals surface area contributed by atoms with E-state index in [9.17, 15) is 0 Å². The van der Waals surface area contributed by atoms with Crippen molar-refractivity contribution < 1.29 is 4.74 Å². The van der Waals surface area contributed by atoms with Gasteiger partial charge in [0, 0.05) is 22.2 Å². The van der Waals surface area contributed by atoms with Gasteiger partial charge < -0.3 is 10.5 Å². The number of nitrogen functional groups attached to an aromatic ring is 1. The van der Waals surface area contributed by atoms with Crippen molar-refractivity contribution in [3.63, 3.8) is 0 Å². The maximum Gasteiger partial charge on any atom is 0.129 e. The Hall–Kier alpha value is -1.99. The first-order valence-corrected chi connectivity index (χ1v) is 6.09. The number of anilines is 1. The van der Waals surface area contributed by atoms with E-state index in [4.69, 9.17) is 15.7 Å². The number of nitrogens with zero attached hydrogens (tertiary/aromatic N) is 1. The van der Waals surface area contributed by atoms with E-state index >= 15 is 0 Å². The van der Waals surface area contributed by atoms with Crippen LogP contribution in [0.2, 0.25) is 0 Å². The van der Waals surface area contributed by atoms with Crippen molar-refractivity contribution in [2.75, 3.05) is 12.3 Å². The Bertz CT molecular complexity index is 569. The van der Waals surface area contributed by atoms with E-state index in [-0.39, 0.29) is 0 Å². The zero-order chi connectivity index (χ0) is 12.3. The Labute approximate surface area is 104 Å². The molecule has 0 saturated carbocycles. The van der Waals surface area contributed by atoms with E-state index < -0.39 is 0 Å². The molecular formula is C13H12N2OS. The number of rotatable bonds is 3. The Balaban J connectivity index is 2.47. The summed E-state index contributed by atoms with van der Waals surface area (Å²) in [6.45, 7) is 2.52. The van der Waals surface area contributed by atoms with Crippen LogP contribution in [0, 0.1) is 11.3 Å². The summed E-state index contributed by atoms with van der Waals surface area (Å²) in [5.41, 5.74) is 7.39. The summed E-state index contributed by atoms with van der Waals surface area (Å²) in [6.07, 6.45) is 0. The molecule has 0 spiro atoms. The van der Waals surface area contributed by atoms with Crippen LogP contribution < -0.4 is 10.5 Å². The molecule has 0 saturated heterocycles. The zero-order valence-corrected chi connectivity index (χ0v) is 10.3. The van der Waals surface area contributed by atoms with Gasteiger partial charge in [0.2, 0.25) is 0 Å². The lowest BCUT2D eigenvalue weighted by molar-refractivity contribution is 0.342. The Morgan fingerprint density at radius 2 is 2.18 bits per heavy atom. The fourth-order valence-corrected chi connectivity index (χ4v) is 2.39. The molecule has 0 atom stereocenters. The third-order valence-corrected chi connectivity index (χ3v) is 3.31. The quantitative estimate of drug-likeness (QED) is 0.843. The number of nitriles is 1. The van der Waals surface area contributed by atoms with Crippen molar-refractivity contribution in [3.8, 4) is 22.3 Å². The van der Waals surface area contributed by atoms with Crippen molar-refractivity contribution in [3.05, 3.63) is 35.2 Å². The van der Waals surface area contributed by atoms with Gasteiger partial charge in [0.1, 0.15) is 16.7 Å². The predicted molar refractivity (Wildman–Crippen MR) is 70.1 cm³/mol. The average molecular weight is 244 g/mol. The van der Waals surface area contributed by atoms with E-state index in [1.807, 2.05) is 37.3 Å². The normalized spacial score (nSPS) is 9.88. The Kier molecular flexibility index (Phi) is 3.31. The van der Waals surface area contributed by atoms with Crippen LogP contribution in [-0.4, -0.2) is 6.61 Å². The molecule has 0 amide bonds. The van der Waals surface area contributed by atoms with E-state index in [1.54, 1.807) is 0 Å². The molecule has 86 valence electrons. The summed E-state index contributed by atoms with van der Waals surface area (Å²) in [6, 6.07) is 11.4. The van der Waals surface area contributed by atoms with E-state index in [0.29, 0.717) is 17.2 Å². The molecule has 0 aliphatic heterocycles. The van der Waals surface area contributed by atoms with Gasteiger partial charge in [0.05, 0.1) is 6.61 Å². The first-order chi connectivity index (χ1) is 8.24. The van der Waals surface area contributed by atoms with Crippen molar-refractivity contribution in [2.24, 2.45) is 0 Å². The SMILES string of the molecule is CCOc1cc(N)ccc1-c1ccc(C#N)s1. The van der Waals surface area contributed by atoms with E-state index in [2.05, 4.69) is 6.07 Å². The minimum atomic E-state index is 0.590. The van der Waals surface area contributed by atoms with Crippen molar-refractivity contribution in [2.45, 2.75) is 6.92 Å². The molecule has 2 N–H and O–H groups in total. The van der Waals surface area contributed by atoms with Gasteiger partial charge in [0.15, 0.2) is 0 Å². The van der Waals surface area contributed by atoms with Gasteiger partial charge in [-0.2, -0.15) is 5.26 Å². The molecule has 2 rings (SSSR count). The summed E-state index contributed by atoms with van der Waals surface area (Å²) >= 11 is 1.45. The summed E-state index contributed by atoms with van der Waals surface area (Å²) in [5.74, 6) is 0.763. The number of benzene rings is 1. The Morgan fingerprint density at radius 1 is 1.35 bits per heavy atom. The van der Waals surface area contributed by atoms with Gasteiger partial charge >= 0.3 is 0 Å². The highest BCUT2D eigenvalue weighted by Crippen LogP contribution is 2.36. The summed E-state index contributed by atoms with van der Waals surface area (Å²) in [7, 11) is 0. The highest BCUT2D eigenvalue weighted by atomic mass is 32.1. The van der Waals surface area contributed by atoms with Crippen LogP contribution in [0.5, 0.6) is 5.75 Å². The molecule has 2 aromatic rings. The lowest BCUT2D eigenvalue weighted by Crippen LogP contribution is -1.95. The van der Waals surface area contributed by atoms with Crippen LogP contribution in [0.4, 0.5) is 5.69 Å². The third kappa shape index (κ3) is 2.40. The molecular weight excluding hydrogens is 232 g/mol. The fraction of sp³-hybridized carbons (Fsp3) is 0.154. The summed E-state index contributed by atoms with van der Waals surface area (Å²) in [5, 5.41) is 8.82. The molecule has 17 heavy (non-hydrogen) atoms. The first kappa shape index (κ1) is 11.5. The predicted octanol–water partition coefficient (Wildman–Crippen LogP) is 3.27. The van der Waals surface area contributed by atoms with Gasteiger partial charge in [-0.15, -0.1) is 11.3 Å². The molecule has 1 heterocycles. The number of hydrogen-bond donors (Lipinski definition) is 1. The molecule has 0 fully saturated rings. The lowest BCUT2D eigenvalue weighted by atomic mass is 10.1. The molecule has 3 nitrogen and oxygen atoms in total. The lowest BCUT2D eigenvalue weighted by Gasteiger charge is -2.09. The second-order valence-corrected chi connectivity index (χ2v) is 4.55. The number of thiophene rings is 1. The number of hydrogen-bond acceptors (Lipinski definition) is 4. The van der Waals surface area contributed by atoms with Crippen molar-refractivity contribution in [1.82, 2.24) is 0 Å². The van der Waals surface area contributed by atoms with E-state index in [0.717, 1.165) is 16.2 Å². The Morgan fingerprint density at radius 3 is 2.82 bits per heavy atom. The average Bonchev–Trinajstić information content (AvgIpc) is 2.78. The highest BCUT2D eigenvalue weighted by Gasteiger charge is 2.09.